The first kappa shape index (κ1) is 16.3. The van der Waals surface area contributed by atoms with E-state index in [2.05, 4.69) is 19.9 Å². The zero-order valence-corrected chi connectivity index (χ0v) is 14.0. The van der Waals surface area contributed by atoms with Crippen LogP contribution >= 0.6 is 0 Å². The van der Waals surface area contributed by atoms with E-state index in [0.29, 0.717) is 11.5 Å². The number of benzene rings is 1. The van der Waals surface area contributed by atoms with Gasteiger partial charge in [-0.15, -0.1) is 10.2 Å². The molecule has 7 nitrogen and oxygen atoms in total. The van der Waals surface area contributed by atoms with Gasteiger partial charge in [-0.2, -0.15) is 0 Å². The van der Waals surface area contributed by atoms with Gasteiger partial charge in [-0.1, -0.05) is 12.1 Å². The van der Waals surface area contributed by atoms with Crippen molar-refractivity contribution in [3.8, 4) is 11.5 Å². The van der Waals surface area contributed by atoms with E-state index in [1.165, 1.54) is 0 Å². The van der Waals surface area contributed by atoms with E-state index in [4.69, 9.17) is 4.42 Å². The fraction of sp³-hybridized carbons (Fsp3) is 0.188. The van der Waals surface area contributed by atoms with Crippen molar-refractivity contribution in [3.05, 3.63) is 59.7 Å². The molecule has 0 aliphatic rings. The lowest BCUT2D eigenvalue weighted by Crippen LogP contribution is -2.24. The molecule has 24 heavy (non-hydrogen) atoms. The Bertz CT molecular complexity index is 952. The molecule has 0 spiro atoms. The number of rotatable bonds is 5. The number of aryl methyl sites for hydroxylation is 2. The second kappa shape index (κ2) is 6.50. The Morgan fingerprint density at radius 1 is 1.08 bits per heavy atom. The Hall–Kier alpha value is -2.58. The molecule has 8 heteroatoms. The maximum atomic E-state index is 12.4. The first-order chi connectivity index (χ1) is 11.5. The monoisotopic (exact) mass is 344 g/mol. The van der Waals surface area contributed by atoms with Gasteiger partial charge in [0.1, 0.15) is 0 Å². The topological polar surface area (TPSA) is 98.0 Å². The third-order valence-corrected chi connectivity index (χ3v) is 4.98. The van der Waals surface area contributed by atoms with E-state index < -0.39 is 10.0 Å². The lowest BCUT2D eigenvalue weighted by Gasteiger charge is -2.08. The van der Waals surface area contributed by atoms with Gasteiger partial charge in [0.15, 0.2) is 0 Å². The van der Waals surface area contributed by atoms with Crippen LogP contribution in [-0.4, -0.2) is 23.6 Å². The van der Waals surface area contributed by atoms with Crippen molar-refractivity contribution in [2.45, 2.75) is 25.3 Å². The quantitative estimate of drug-likeness (QED) is 0.762. The number of hydrogen-bond acceptors (Lipinski definition) is 6. The molecule has 2 heterocycles. The average molecular weight is 344 g/mol. The summed E-state index contributed by atoms with van der Waals surface area (Å²) in [7, 11) is -3.65. The number of nitrogens with zero attached hydrogens (tertiary/aromatic N) is 3. The fourth-order valence-electron chi connectivity index (χ4n) is 2.17. The van der Waals surface area contributed by atoms with Crippen molar-refractivity contribution in [1.29, 1.82) is 0 Å². The van der Waals surface area contributed by atoms with Crippen LogP contribution < -0.4 is 4.72 Å². The zero-order valence-electron chi connectivity index (χ0n) is 13.2. The first-order valence-electron chi connectivity index (χ1n) is 7.25. The van der Waals surface area contributed by atoms with Crippen LogP contribution in [0.3, 0.4) is 0 Å². The fourth-order valence-corrected chi connectivity index (χ4v) is 3.47. The molecule has 0 bridgehead atoms. The number of aromatic nitrogens is 3. The number of pyridine rings is 1. The van der Waals surface area contributed by atoms with Gasteiger partial charge >= 0.3 is 0 Å². The van der Waals surface area contributed by atoms with E-state index in [9.17, 15) is 8.42 Å². The van der Waals surface area contributed by atoms with Gasteiger partial charge in [0.05, 0.1) is 11.4 Å². The third-order valence-electron chi connectivity index (χ3n) is 3.44. The molecule has 0 atom stereocenters. The summed E-state index contributed by atoms with van der Waals surface area (Å²) in [4.78, 5) is 4.16. The van der Waals surface area contributed by atoms with Crippen molar-refractivity contribution in [3.63, 3.8) is 0 Å². The van der Waals surface area contributed by atoms with Crippen LogP contribution in [0, 0.1) is 13.8 Å². The molecule has 0 fully saturated rings. The Kier molecular flexibility index (Phi) is 4.41. The molecular formula is C16H16N4O3S. The van der Waals surface area contributed by atoms with Gasteiger partial charge in [0.25, 0.3) is 0 Å². The molecular weight excluding hydrogens is 328 g/mol. The largest absolute Gasteiger partial charge is 0.419 e. The first-order valence-corrected chi connectivity index (χ1v) is 8.74. The van der Waals surface area contributed by atoms with Crippen molar-refractivity contribution in [2.24, 2.45) is 0 Å². The minimum atomic E-state index is -3.65. The lowest BCUT2D eigenvalue weighted by atomic mass is 10.2. The van der Waals surface area contributed by atoms with Gasteiger partial charge in [-0.25, -0.2) is 13.1 Å². The summed E-state index contributed by atoms with van der Waals surface area (Å²) in [5, 5.41) is 7.78. The number of sulfonamides is 1. The van der Waals surface area contributed by atoms with Gasteiger partial charge in [0, 0.05) is 18.0 Å². The molecule has 1 aromatic carbocycles. The second-order valence-electron chi connectivity index (χ2n) is 5.33. The van der Waals surface area contributed by atoms with E-state index >= 15 is 0 Å². The molecule has 3 rings (SSSR count). The summed E-state index contributed by atoms with van der Waals surface area (Å²) in [6, 6.07) is 8.74. The van der Waals surface area contributed by atoms with Crippen molar-refractivity contribution in [2.75, 3.05) is 0 Å². The molecule has 0 radical (unpaired) electrons. The number of hydrogen-bond donors (Lipinski definition) is 1. The van der Waals surface area contributed by atoms with Gasteiger partial charge in [0.2, 0.25) is 21.8 Å². The van der Waals surface area contributed by atoms with Crippen LogP contribution in [0.4, 0.5) is 0 Å². The maximum absolute atomic E-state index is 12.4. The van der Waals surface area contributed by atoms with Crippen molar-refractivity contribution in [1.82, 2.24) is 19.9 Å². The van der Waals surface area contributed by atoms with Crippen LogP contribution in [0.1, 0.15) is 17.0 Å². The number of nitrogens with one attached hydrogen (secondary N) is 1. The summed E-state index contributed by atoms with van der Waals surface area (Å²) < 4.78 is 32.9. The zero-order chi connectivity index (χ0) is 17.2. The second-order valence-corrected chi connectivity index (χ2v) is 7.07. The maximum Gasteiger partial charge on any atom is 0.247 e. The Balaban J connectivity index is 1.76. The van der Waals surface area contributed by atoms with Crippen LogP contribution in [0.2, 0.25) is 0 Å². The molecule has 3 aromatic rings. The molecule has 1 N–H and O–H groups in total. The van der Waals surface area contributed by atoms with E-state index in [1.54, 1.807) is 43.6 Å². The Morgan fingerprint density at radius 3 is 2.58 bits per heavy atom. The highest BCUT2D eigenvalue weighted by Gasteiger charge is 2.18. The smallest absolute Gasteiger partial charge is 0.247 e. The highest BCUT2D eigenvalue weighted by atomic mass is 32.2. The molecule has 0 saturated heterocycles. The predicted octanol–water partition coefficient (Wildman–Crippen LogP) is 2.23. The standard InChI is InChI=1S/C16H16N4O3S/c1-11-3-4-12(2)14(9-11)24(21,22)18-10-15-19-20-16(23-15)13-5-7-17-8-6-13/h3-9,18H,10H2,1-2H3. The molecule has 0 aliphatic carbocycles. The molecule has 0 amide bonds. The highest BCUT2D eigenvalue weighted by Crippen LogP contribution is 2.18. The summed E-state index contributed by atoms with van der Waals surface area (Å²) in [6.07, 6.45) is 3.23. The van der Waals surface area contributed by atoms with Gasteiger partial charge < -0.3 is 4.42 Å². The average Bonchev–Trinajstić information content (AvgIpc) is 3.05. The van der Waals surface area contributed by atoms with Gasteiger partial charge in [-0.05, 0) is 43.2 Å². The molecule has 0 saturated carbocycles. The Morgan fingerprint density at radius 2 is 1.83 bits per heavy atom. The predicted molar refractivity (Wildman–Crippen MR) is 87.5 cm³/mol. The summed E-state index contributed by atoms with van der Waals surface area (Å²) in [6.45, 7) is 3.52. The van der Waals surface area contributed by atoms with Crippen molar-refractivity contribution < 1.29 is 12.8 Å². The SMILES string of the molecule is Cc1ccc(C)c(S(=O)(=O)NCc2nnc(-c3ccncc3)o2)c1. The molecule has 2 aromatic heterocycles. The van der Waals surface area contributed by atoms with Crippen molar-refractivity contribution >= 4 is 10.0 Å². The highest BCUT2D eigenvalue weighted by molar-refractivity contribution is 7.89. The summed E-state index contributed by atoms with van der Waals surface area (Å²) in [5.74, 6) is 0.508. The van der Waals surface area contributed by atoms with E-state index in [-0.39, 0.29) is 17.3 Å². The van der Waals surface area contributed by atoms with E-state index in [1.807, 2.05) is 13.0 Å². The third kappa shape index (κ3) is 3.50. The van der Waals surface area contributed by atoms with Gasteiger partial charge in [-0.3, -0.25) is 4.98 Å². The molecule has 0 unspecified atom stereocenters. The van der Waals surface area contributed by atoms with E-state index in [0.717, 1.165) is 11.1 Å². The summed E-state index contributed by atoms with van der Waals surface area (Å²) in [5.41, 5.74) is 2.27. The molecule has 0 aliphatic heterocycles. The van der Waals surface area contributed by atoms with Crippen LogP contribution in [0.25, 0.3) is 11.5 Å². The molecule has 124 valence electrons. The van der Waals surface area contributed by atoms with Crippen LogP contribution in [-0.2, 0) is 16.6 Å². The Labute approximate surface area is 139 Å². The normalized spacial score (nSPS) is 11.6. The minimum Gasteiger partial charge on any atom is -0.419 e. The minimum absolute atomic E-state index is 0.0756. The van der Waals surface area contributed by atoms with Crippen LogP contribution in [0.5, 0.6) is 0 Å². The lowest BCUT2D eigenvalue weighted by molar-refractivity contribution is 0.494. The summed E-state index contributed by atoms with van der Waals surface area (Å²) >= 11 is 0. The van der Waals surface area contributed by atoms with Crippen LogP contribution in [0.15, 0.2) is 52.0 Å².